The van der Waals surface area contributed by atoms with E-state index in [0.717, 1.165) is 31.3 Å². The van der Waals surface area contributed by atoms with Crippen molar-refractivity contribution in [2.24, 2.45) is 16.7 Å². The number of rotatable bonds is 2. The fourth-order valence-electron chi connectivity index (χ4n) is 4.28. The van der Waals surface area contributed by atoms with Crippen LogP contribution >= 0.6 is 0 Å². The number of carbonyl (C=O) groups excluding carboxylic acids is 1. The molecular formula is C16H26O3. The molecule has 2 aliphatic carbocycles. The van der Waals surface area contributed by atoms with Gasteiger partial charge in [0.05, 0.1) is 13.2 Å². The maximum Gasteiger partial charge on any atom is 0.315 e. The van der Waals surface area contributed by atoms with E-state index in [2.05, 4.69) is 20.4 Å². The molecule has 108 valence electrons. The zero-order valence-corrected chi connectivity index (χ0v) is 12.4. The van der Waals surface area contributed by atoms with Crippen LogP contribution in [0, 0.1) is 16.7 Å². The molecule has 0 radical (unpaired) electrons. The van der Waals surface area contributed by atoms with Crippen molar-refractivity contribution in [3.63, 3.8) is 0 Å². The lowest BCUT2D eigenvalue weighted by molar-refractivity contribution is -0.179. The molecule has 0 aliphatic heterocycles. The number of methoxy groups -OCH3 is 1. The van der Waals surface area contributed by atoms with Crippen molar-refractivity contribution in [3.8, 4) is 0 Å². The smallest absolute Gasteiger partial charge is 0.315 e. The molecule has 0 aromatic rings. The summed E-state index contributed by atoms with van der Waals surface area (Å²) < 4.78 is 5.08. The summed E-state index contributed by atoms with van der Waals surface area (Å²) in [5, 5.41) is 10.7. The van der Waals surface area contributed by atoms with E-state index in [4.69, 9.17) is 4.74 Å². The maximum absolute atomic E-state index is 12.5. The van der Waals surface area contributed by atoms with Crippen LogP contribution in [0.2, 0.25) is 0 Å². The lowest BCUT2D eigenvalue weighted by atomic mass is 9.53. The second kappa shape index (κ2) is 4.93. The van der Waals surface area contributed by atoms with E-state index in [1.54, 1.807) is 0 Å². The lowest BCUT2D eigenvalue weighted by Gasteiger charge is -2.51. The lowest BCUT2D eigenvalue weighted by Crippen LogP contribution is -2.56. The van der Waals surface area contributed by atoms with Gasteiger partial charge in [-0.05, 0) is 44.4 Å². The van der Waals surface area contributed by atoms with Gasteiger partial charge in [0.15, 0.2) is 0 Å². The highest BCUT2D eigenvalue weighted by Crippen LogP contribution is 2.60. The summed E-state index contributed by atoms with van der Waals surface area (Å²) in [4.78, 5) is 12.5. The molecule has 2 saturated carbocycles. The Balaban J connectivity index is 2.46. The van der Waals surface area contributed by atoms with E-state index in [1.807, 2.05) is 0 Å². The number of carbonyl (C=O) groups is 1. The first-order valence-electron chi connectivity index (χ1n) is 7.33. The molecule has 0 unspecified atom stereocenters. The van der Waals surface area contributed by atoms with Gasteiger partial charge in [0.2, 0.25) is 0 Å². The van der Waals surface area contributed by atoms with Gasteiger partial charge in [-0.25, -0.2) is 0 Å². The zero-order chi connectivity index (χ0) is 14.3. The average Bonchev–Trinajstić information content (AvgIpc) is 2.70. The summed E-state index contributed by atoms with van der Waals surface area (Å²) in [7, 11) is 1.43. The molecule has 3 nitrogen and oxygen atoms in total. The second-order valence-corrected chi connectivity index (χ2v) is 6.65. The number of aliphatic hydroxyl groups excluding tert-OH is 1. The molecule has 0 saturated heterocycles. The fourth-order valence-corrected chi connectivity index (χ4v) is 4.28. The molecule has 1 N–H and O–H groups in total. The summed E-state index contributed by atoms with van der Waals surface area (Å²) in [6, 6.07) is 0. The van der Waals surface area contributed by atoms with Gasteiger partial charge >= 0.3 is 5.97 Å². The highest BCUT2D eigenvalue weighted by atomic mass is 16.5. The van der Waals surface area contributed by atoms with Crippen LogP contribution < -0.4 is 0 Å². The van der Waals surface area contributed by atoms with Crippen LogP contribution in [0.4, 0.5) is 0 Å². The van der Waals surface area contributed by atoms with Crippen molar-refractivity contribution in [1.29, 1.82) is 0 Å². The van der Waals surface area contributed by atoms with Crippen molar-refractivity contribution < 1.29 is 14.6 Å². The van der Waals surface area contributed by atoms with Crippen LogP contribution in [-0.2, 0) is 9.53 Å². The Morgan fingerprint density at radius 3 is 2.63 bits per heavy atom. The molecule has 2 rings (SSSR count). The molecule has 2 fully saturated rings. The average molecular weight is 266 g/mol. The molecule has 4 atom stereocenters. The monoisotopic (exact) mass is 266 g/mol. The molecule has 0 aromatic heterocycles. The van der Waals surface area contributed by atoms with Crippen LogP contribution in [0.5, 0.6) is 0 Å². The summed E-state index contributed by atoms with van der Waals surface area (Å²) >= 11 is 0. The fraction of sp³-hybridized carbons (Fsp3) is 0.812. The number of hydrogen-bond donors (Lipinski definition) is 1. The molecule has 0 bridgehead atoms. The van der Waals surface area contributed by atoms with Crippen LogP contribution in [0.25, 0.3) is 0 Å². The SMILES string of the molecule is C=C1CCC[C@]1(C)[C@@]1(C(=O)OC)CC[C@H](C)C[C@@H]1O. The van der Waals surface area contributed by atoms with Gasteiger partial charge in [0, 0.05) is 5.41 Å². The Morgan fingerprint density at radius 1 is 1.47 bits per heavy atom. The second-order valence-electron chi connectivity index (χ2n) is 6.65. The van der Waals surface area contributed by atoms with E-state index < -0.39 is 11.5 Å². The number of aliphatic hydroxyl groups is 1. The third-order valence-electron chi connectivity index (χ3n) is 5.70. The molecule has 19 heavy (non-hydrogen) atoms. The van der Waals surface area contributed by atoms with Gasteiger partial charge in [0.1, 0.15) is 5.41 Å². The predicted molar refractivity (Wildman–Crippen MR) is 74.6 cm³/mol. The minimum Gasteiger partial charge on any atom is -0.468 e. The summed E-state index contributed by atoms with van der Waals surface area (Å²) in [5.74, 6) is 0.212. The third-order valence-corrected chi connectivity index (χ3v) is 5.70. The number of hydrogen-bond acceptors (Lipinski definition) is 3. The largest absolute Gasteiger partial charge is 0.468 e. The first-order valence-corrected chi connectivity index (χ1v) is 7.33. The minimum absolute atomic E-state index is 0.252. The Morgan fingerprint density at radius 2 is 2.16 bits per heavy atom. The van der Waals surface area contributed by atoms with Gasteiger partial charge in [-0.15, -0.1) is 0 Å². The predicted octanol–water partition coefficient (Wildman–Crippen LogP) is 3.07. The molecule has 0 amide bonds. The minimum atomic E-state index is -0.790. The molecule has 3 heteroatoms. The summed E-state index contributed by atoms with van der Waals surface area (Å²) in [6.45, 7) is 8.41. The summed E-state index contributed by atoms with van der Waals surface area (Å²) in [5.41, 5.74) is -0.00639. The number of allylic oxidation sites excluding steroid dienone is 1. The van der Waals surface area contributed by atoms with Crippen molar-refractivity contribution in [1.82, 2.24) is 0 Å². The van der Waals surface area contributed by atoms with Crippen LogP contribution in [-0.4, -0.2) is 24.3 Å². The Bertz CT molecular complexity index is 389. The molecule has 0 heterocycles. The molecule has 0 aromatic carbocycles. The van der Waals surface area contributed by atoms with Gasteiger partial charge < -0.3 is 9.84 Å². The van der Waals surface area contributed by atoms with E-state index in [-0.39, 0.29) is 11.4 Å². The Labute approximate surface area is 116 Å². The van der Waals surface area contributed by atoms with Crippen LogP contribution in [0.1, 0.15) is 52.4 Å². The van der Waals surface area contributed by atoms with E-state index in [9.17, 15) is 9.90 Å². The van der Waals surface area contributed by atoms with Crippen LogP contribution in [0.15, 0.2) is 12.2 Å². The van der Waals surface area contributed by atoms with Gasteiger partial charge in [-0.2, -0.15) is 0 Å². The highest BCUT2D eigenvalue weighted by Gasteiger charge is 2.61. The Hall–Kier alpha value is -0.830. The Kier molecular flexibility index (Phi) is 3.78. The van der Waals surface area contributed by atoms with Gasteiger partial charge in [-0.3, -0.25) is 4.79 Å². The first kappa shape index (κ1) is 14.6. The quantitative estimate of drug-likeness (QED) is 0.617. The highest BCUT2D eigenvalue weighted by molar-refractivity contribution is 5.79. The third kappa shape index (κ3) is 1.94. The van der Waals surface area contributed by atoms with Crippen LogP contribution in [0.3, 0.4) is 0 Å². The van der Waals surface area contributed by atoms with E-state index in [1.165, 1.54) is 7.11 Å². The first-order chi connectivity index (χ1) is 8.88. The zero-order valence-electron chi connectivity index (χ0n) is 12.4. The normalized spacial score (nSPS) is 43.3. The number of ether oxygens (including phenoxy) is 1. The summed E-state index contributed by atoms with van der Waals surface area (Å²) in [6.07, 6.45) is 4.66. The van der Waals surface area contributed by atoms with E-state index in [0.29, 0.717) is 18.8 Å². The molecule has 2 aliphatic rings. The van der Waals surface area contributed by atoms with Crippen molar-refractivity contribution >= 4 is 5.97 Å². The van der Waals surface area contributed by atoms with Gasteiger partial charge in [0.25, 0.3) is 0 Å². The standard InChI is InChI=1S/C16H26O3/c1-11-7-9-16(13(17)10-11,14(18)19-4)15(3)8-5-6-12(15)2/h11,13,17H,2,5-10H2,1,3-4H3/t11-,13-,15-,16-/m0/s1. The van der Waals surface area contributed by atoms with E-state index >= 15 is 0 Å². The topological polar surface area (TPSA) is 46.5 Å². The number of esters is 1. The van der Waals surface area contributed by atoms with Crippen molar-refractivity contribution in [2.45, 2.75) is 58.5 Å². The molecule has 0 spiro atoms. The molecular weight excluding hydrogens is 240 g/mol. The van der Waals surface area contributed by atoms with Crippen molar-refractivity contribution in [2.75, 3.05) is 7.11 Å². The maximum atomic E-state index is 12.5. The van der Waals surface area contributed by atoms with Gasteiger partial charge in [-0.1, -0.05) is 26.0 Å². The van der Waals surface area contributed by atoms with Crippen molar-refractivity contribution in [3.05, 3.63) is 12.2 Å².